The first-order valence-corrected chi connectivity index (χ1v) is 7.18. The number of carbonyl (C=O) groups excluding carboxylic acids is 1. The predicted molar refractivity (Wildman–Crippen MR) is 83.7 cm³/mol. The van der Waals surface area contributed by atoms with Crippen LogP contribution in [-0.4, -0.2) is 32.8 Å². The number of fused-ring (bicyclic) bond motifs is 1. The Bertz CT molecular complexity index is 886. The third kappa shape index (κ3) is 2.85. The smallest absolute Gasteiger partial charge is 0.275 e. The summed E-state index contributed by atoms with van der Waals surface area (Å²) in [6.07, 6.45) is 3.05. The molecular weight excluding hydrogens is 296 g/mol. The summed E-state index contributed by atoms with van der Waals surface area (Å²) in [6.45, 7) is 1.72. The van der Waals surface area contributed by atoms with Gasteiger partial charge in [-0.05, 0) is 13.0 Å². The topological polar surface area (TPSA) is 81.2 Å². The van der Waals surface area contributed by atoms with E-state index in [0.29, 0.717) is 11.1 Å². The van der Waals surface area contributed by atoms with Crippen molar-refractivity contribution in [2.45, 2.75) is 19.5 Å². The molecule has 0 saturated carbocycles. The molecule has 0 fully saturated rings. The summed E-state index contributed by atoms with van der Waals surface area (Å²) < 4.78 is 5.97. The monoisotopic (exact) mass is 312 g/mol. The lowest BCUT2D eigenvalue weighted by molar-refractivity contribution is -0.132. The Morgan fingerprint density at radius 2 is 2.13 bits per heavy atom. The Kier molecular flexibility index (Phi) is 3.92. The van der Waals surface area contributed by atoms with Crippen LogP contribution >= 0.6 is 0 Å². The van der Waals surface area contributed by atoms with E-state index in [1.54, 1.807) is 31.4 Å². The van der Waals surface area contributed by atoms with E-state index in [2.05, 4.69) is 10.3 Å². The molecule has 2 heterocycles. The summed E-state index contributed by atoms with van der Waals surface area (Å²) in [5, 5.41) is 9.20. The molecule has 1 atom stereocenters. The minimum absolute atomic E-state index is 0.123. The molecule has 0 bridgehead atoms. The minimum atomic E-state index is -0.279. The van der Waals surface area contributed by atoms with Crippen LogP contribution in [0.1, 0.15) is 18.7 Å². The van der Waals surface area contributed by atoms with Crippen molar-refractivity contribution in [2.75, 3.05) is 7.05 Å². The molecule has 3 aromatic rings. The quantitative estimate of drug-likeness (QED) is 0.731. The highest BCUT2D eigenvalue weighted by atomic mass is 16.5. The maximum atomic E-state index is 12.4. The summed E-state index contributed by atoms with van der Waals surface area (Å²) in [4.78, 5) is 26.3. The summed E-state index contributed by atoms with van der Waals surface area (Å²) in [6, 6.07) is 8.62. The van der Waals surface area contributed by atoms with Crippen LogP contribution in [0.25, 0.3) is 10.8 Å². The SMILES string of the molecule is C[C@@H](c1ccon1)N(C)C(=O)Cn1ncc2ccccc2c1=O. The second kappa shape index (κ2) is 6.04. The lowest BCUT2D eigenvalue weighted by atomic mass is 10.2. The fraction of sp³-hybridized carbons (Fsp3) is 0.250. The first-order valence-electron chi connectivity index (χ1n) is 7.18. The van der Waals surface area contributed by atoms with Crippen molar-refractivity contribution in [2.24, 2.45) is 0 Å². The van der Waals surface area contributed by atoms with Crippen molar-refractivity contribution in [3.63, 3.8) is 0 Å². The highest BCUT2D eigenvalue weighted by molar-refractivity contribution is 5.81. The Hall–Kier alpha value is -2.96. The number of carbonyl (C=O) groups is 1. The summed E-state index contributed by atoms with van der Waals surface area (Å²) in [5.74, 6) is -0.231. The fourth-order valence-electron chi connectivity index (χ4n) is 2.33. The largest absolute Gasteiger partial charge is 0.364 e. The lowest BCUT2D eigenvalue weighted by Crippen LogP contribution is -2.36. The maximum Gasteiger partial charge on any atom is 0.275 e. The molecule has 1 aromatic carbocycles. The second-order valence-corrected chi connectivity index (χ2v) is 5.30. The number of amides is 1. The van der Waals surface area contributed by atoms with Crippen LogP contribution in [0.15, 0.2) is 52.1 Å². The van der Waals surface area contributed by atoms with E-state index < -0.39 is 0 Å². The number of aromatic nitrogens is 3. The van der Waals surface area contributed by atoms with Crippen molar-refractivity contribution in [1.29, 1.82) is 0 Å². The summed E-state index contributed by atoms with van der Waals surface area (Å²) >= 11 is 0. The molecule has 0 unspecified atom stereocenters. The molecule has 0 aliphatic rings. The van der Waals surface area contributed by atoms with E-state index in [1.807, 2.05) is 19.1 Å². The van der Waals surface area contributed by atoms with E-state index in [1.165, 1.54) is 15.8 Å². The minimum Gasteiger partial charge on any atom is -0.364 e. The molecule has 3 rings (SSSR count). The molecule has 0 saturated heterocycles. The molecule has 0 aliphatic heterocycles. The van der Waals surface area contributed by atoms with E-state index >= 15 is 0 Å². The van der Waals surface area contributed by atoms with Crippen LogP contribution in [0, 0.1) is 0 Å². The van der Waals surface area contributed by atoms with Gasteiger partial charge in [-0.25, -0.2) is 4.68 Å². The lowest BCUT2D eigenvalue weighted by Gasteiger charge is -2.23. The van der Waals surface area contributed by atoms with Crippen molar-refractivity contribution < 1.29 is 9.32 Å². The van der Waals surface area contributed by atoms with Gasteiger partial charge < -0.3 is 9.42 Å². The normalized spacial score (nSPS) is 12.3. The molecule has 0 aliphatic carbocycles. The first kappa shape index (κ1) is 15.0. The number of hydrogen-bond acceptors (Lipinski definition) is 5. The number of nitrogens with zero attached hydrogens (tertiary/aromatic N) is 4. The van der Waals surface area contributed by atoms with E-state index in [4.69, 9.17) is 4.52 Å². The molecule has 118 valence electrons. The van der Waals surface area contributed by atoms with Crippen LogP contribution in [0.3, 0.4) is 0 Å². The highest BCUT2D eigenvalue weighted by Crippen LogP contribution is 2.16. The van der Waals surface area contributed by atoms with Crippen molar-refractivity contribution in [3.05, 3.63) is 58.8 Å². The second-order valence-electron chi connectivity index (χ2n) is 5.30. The van der Waals surface area contributed by atoms with Crippen molar-refractivity contribution >= 4 is 16.7 Å². The van der Waals surface area contributed by atoms with E-state index in [9.17, 15) is 9.59 Å². The van der Waals surface area contributed by atoms with Gasteiger partial charge in [-0.1, -0.05) is 23.4 Å². The van der Waals surface area contributed by atoms with Gasteiger partial charge in [0, 0.05) is 18.5 Å². The predicted octanol–water partition coefficient (Wildman–Crippen LogP) is 1.60. The Morgan fingerprint density at radius 1 is 1.35 bits per heavy atom. The van der Waals surface area contributed by atoms with Crippen molar-refractivity contribution in [3.8, 4) is 0 Å². The fourth-order valence-corrected chi connectivity index (χ4v) is 2.33. The van der Waals surface area contributed by atoms with Gasteiger partial charge in [-0.15, -0.1) is 0 Å². The Morgan fingerprint density at radius 3 is 2.87 bits per heavy atom. The van der Waals surface area contributed by atoms with Crippen LogP contribution in [0.5, 0.6) is 0 Å². The zero-order chi connectivity index (χ0) is 16.4. The number of rotatable bonds is 4. The molecule has 23 heavy (non-hydrogen) atoms. The van der Waals surface area contributed by atoms with Gasteiger partial charge >= 0.3 is 0 Å². The van der Waals surface area contributed by atoms with Crippen LogP contribution in [0.4, 0.5) is 0 Å². The molecular formula is C16H16N4O3. The van der Waals surface area contributed by atoms with Gasteiger partial charge in [0.2, 0.25) is 5.91 Å². The number of likely N-dealkylation sites (N-methyl/N-ethyl adjacent to an activating group) is 1. The van der Waals surface area contributed by atoms with Crippen LogP contribution < -0.4 is 5.56 Å². The molecule has 1 amide bonds. The van der Waals surface area contributed by atoms with Gasteiger partial charge in [-0.2, -0.15) is 5.10 Å². The molecule has 7 nitrogen and oxygen atoms in total. The molecule has 0 spiro atoms. The summed E-state index contributed by atoms with van der Waals surface area (Å²) in [7, 11) is 1.66. The van der Waals surface area contributed by atoms with Gasteiger partial charge in [-0.3, -0.25) is 9.59 Å². The number of benzene rings is 1. The van der Waals surface area contributed by atoms with Crippen molar-refractivity contribution in [1.82, 2.24) is 19.8 Å². The average Bonchev–Trinajstić information content (AvgIpc) is 3.10. The zero-order valence-corrected chi connectivity index (χ0v) is 12.8. The van der Waals surface area contributed by atoms with E-state index in [0.717, 1.165) is 5.39 Å². The standard InChI is InChI=1S/C16H16N4O3/c1-11(14-7-8-23-18-14)19(2)15(21)10-20-16(22)13-6-4-3-5-12(13)9-17-20/h3-9,11H,10H2,1-2H3/t11-/m0/s1. The number of hydrogen-bond donors (Lipinski definition) is 0. The molecule has 2 aromatic heterocycles. The van der Waals surface area contributed by atoms with Gasteiger partial charge in [0.1, 0.15) is 18.5 Å². The van der Waals surface area contributed by atoms with Crippen LogP contribution in [-0.2, 0) is 11.3 Å². The molecule has 0 radical (unpaired) electrons. The zero-order valence-electron chi connectivity index (χ0n) is 12.8. The third-order valence-electron chi connectivity index (χ3n) is 3.91. The van der Waals surface area contributed by atoms with Crippen LogP contribution in [0.2, 0.25) is 0 Å². The Labute approximate surface area is 132 Å². The summed E-state index contributed by atoms with van der Waals surface area (Å²) in [5.41, 5.74) is 0.374. The van der Waals surface area contributed by atoms with Gasteiger partial charge in [0.25, 0.3) is 5.56 Å². The Balaban J connectivity index is 1.83. The van der Waals surface area contributed by atoms with Gasteiger partial charge in [0.15, 0.2) is 0 Å². The van der Waals surface area contributed by atoms with Gasteiger partial charge in [0.05, 0.1) is 17.6 Å². The average molecular weight is 312 g/mol. The molecule has 0 N–H and O–H groups in total. The third-order valence-corrected chi connectivity index (χ3v) is 3.91. The highest BCUT2D eigenvalue weighted by Gasteiger charge is 2.20. The first-order chi connectivity index (χ1) is 11.1. The molecule has 7 heteroatoms. The van der Waals surface area contributed by atoms with E-state index in [-0.39, 0.29) is 24.1 Å². The maximum absolute atomic E-state index is 12.4.